The molecule has 2 aromatic rings. The molecule has 4 nitrogen and oxygen atoms in total. The quantitative estimate of drug-likeness (QED) is 0.590. The summed E-state index contributed by atoms with van der Waals surface area (Å²) in [5.41, 5.74) is 0.483. The Bertz CT molecular complexity index is 601. The summed E-state index contributed by atoms with van der Waals surface area (Å²) in [5.74, 6) is -0.891. The monoisotopic (exact) mass is 386 g/mol. The van der Waals surface area contributed by atoms with E-state index in [9.17, 15) is 9.59 Å². The minimum absolute atomic E-state index is 0.0514. The van der Waals surface area contributed by atoms with E-state index in [1.54, 1.807) is 30.3 Å². The van der Waals surface area contributed by atoms with Crippen LogP contribution in [-0.2, 0) is 4.74 Å². The van der Waals surface area contributed by atoms with E-state index in [0.717, 1.165) is 4.47 Å². The fourth-order valence-corrected chi connectivity index (χ4v) is 1.92. The maximum absolute atomic E-state index is 11.8. The van der Waals surface area contributed by atoms with Gasteiger partial charge < -0.3 is 9.15 Å². The molecule has 1 aromatic heterocycles. The van der Waals surface area contributed by atoms with Gasteiger partial charge in [0.1, 0.15) is 0 Å². The third kappa shape index (κ3) is 3.78. The van der Waals surface area contributed by atoms with Gasteiger partial charge in [0, 0.05) is 10.0 Å². The Balaban J connectivity index is 1.93. The van der Waals surface area contributed by atoms with Crippen LogP contribution in [0.25, 0.3) is 0 Å². The lowest BCUT2D eigenvalue weighted by atomic mass is 10.1. The normalized spacial score (nSPS) is 10.2. The summed E-state index contributed by atoms with van der Waals surface area (Å²) in [5, 5.41) is 0. The van der Waals surface area contributed by atoms with Crippen LogP contribution in [0.4, 0.5) is 0 Å². The molecule has 0 aliphatic rings. The zero-order chi connectivity index (χ0) is 13.8. The van der Waals surface area contributed by atoms with Crippen molar-refractivity contribution >= 4 is 43.6 Å². The summed E-state index contributed by atoms with van der Waals surface area (Å²) in [6, 6.07) is 9.86. The summed E-state index contributed by atoms with van der Waals surface area (Å²) < 4.78 is 11.2. The molecule has 19 heavy (non-hydrogen) atoms. The number of benzene rings is 1. The molecule has 0 radical (unpaired) electrons. The van der Waals surface area contributed by atoms with Gasteiger partial charge in [-0.15, -0.1) is 0 Å². The summed E-state index contributed by atoms with van der Waals surface area (Å²) in [7, 11) is 0. The average Bonchev–Trinajstić information content (AvgIpc) is 2.83. The number of halogens is 2. The number of Topliss-reactive ketones (excluding diaryl/α,β-unsaturated/α-hetero) is 1. The standard InChI is InChI=1S/C13H8Br2O4/c14-9-3-1-8(2-4-9)10(16)7-18-13(17)11-5-6-12(15)19-11/h1-6H,7H2. The third-order valence-electron chi connectivity index (χ3n) is 2.27. The van der Waals surface area contributed by atoms with Crippen LogP contribution in [0, 0.1) is 0 Å². The first kappa shape index (κ1) is 14.0. The van der Waals surface area contributed by atoms with Crippen LogP contribution in [0.15, 0.2) is 50.0 Å². The van der Waals surface area contributed by atoms with E-state index < -0.39 is 5.97 Å². The Hall–Kier alpha value is -1.40. The highest BCUT2D eigenvalue weighted by atomic mass is 79.9. The highest BCUT2D eigenvalue weighted by Gasteiger charge is 2.14. The molecule has 0 N–H and O–H groups in total. The van der Waals surface area contributed by atoms with Crippen molar-refractivity contribution in [2.75, 3.05) is 6.61 Å². The summed E-state index contributed by atoms with van der Waals surface area (Å²) in [4.78, 5) is 23.3. The number of hydrogen-bond acceptors (Lipinski definition) is 4. The van der Waals surface area contributed by atoms with Crippen LogP contribution < -0.4 is 0 Å². The van der Waals surface area contributed by atoms with Crippen molar-refractivity contribution in [1.29, 1.82) is 0 Å². The number of ketones is 1. The first-order valence-electron chi connectivity index (χ1n) is 5.27. The van der Waals surface area contributed by atoms with E-state index in [4.69, 9.17) is 9.15 Å². The summed E-state index contributed by atoms with van der Waals surface area (Å²) in [6.45, 7) is -0.321. The third-order valence-corrected chi connectivity index (χ3v) is 3.23. The summed E-state index contributed by atoms with van der Waals surface area (Å²) >= 11 is 6.35. The Morgan fingerprint density at radius 3 is 2.32 bits per heavy atom. The van der Waals surface area contributed by atoms with Crippen molar-refractivity contribution in [3.05, 3.63) is 56.9 Å². The Morgan fingerprint density at radius 2 is 1.74 bits per heavy atom. The number of ether oxygens (including phenoxy) is 1. The van der Waals surface area contributed by atoms with Crippen molar-refractivity contribution in [2.45, 2.75) is 0 Å². The van der Waals surface area contributed by atoms with Crippen LogP contribution >= 0.6 is 31.9 Å². The van der Waals surface area contributed by atoms with Gasteiger partial charge in [-0.2, -0.15) is 0 Å². The van der Waals surface area contributed by atoms with Crippen molar-refractivity contribution in [2.24, 2.45) is 0 Å². The Morgan fingerprint density at radius 1 is 1.05 bits per heavy atom. The van der Waals surface area contributed by atoms with Gasteiger partial charge in [0.25, 0.3) is 0 Å². The molecule has 0 amide bonds. The van der Waals surface area contributed by atoms with Gasteiger partial charge in [-0.25, -0.2) is 4.79 Å². The van der Waals surface area contributed by atoms with Gasteiger partial charge in [-0.1, -0.05) is 28.1 Å². The Labute approximate surface area is 126 Å². The van der Waals surface area contributed by atoms with E-state index in [-0.39, 0.29) is 18.2 Å². The number of esters is 1. The van der Waals surface area contributed by atoms with E-state index in [1.807, 2.05) is 0 Å². The zero-order valence-electron chi connectivity index (χ0n) is 9.56. The number of hydrogen-bond donors (Lipinski definition) is 0. The second-order valence-corrected chi connectivity index (χ2v) is 5.31. The van der Waals surface area contributed by atoms with E-state index >= 15 is 0 Å². The molecule has 0 bridgehead atoms. The lowest BCUT2D eigenvalue weighted by molar-refractivity contribution is 0.0442. The molecule has 0 spiro atoms. The molecule has 0 saturated heterocycles. The van der Waals surface area contributed by atoms with E-state index in [2.05, 4.69) is 31.9 Å². The second kappa shape index (κ2) is 6.16. The van der Waals surface area contributed by atoms with Crippen LogP contribution in [0.2, 0.25) is 0 Å². The van der Waals surface area contributed by atoms with Crippen LogP contribution in [0.3, 0.4) is 0 Å². The predicted octanol–water partition coefficient (Wildman–Crippen LogP) is 3.84. The highest BCUT2D eigenvalue weighted by Crippen LogP contribution is 2.15. The van der Waals surface area contributed by atoms with Crippen LogP contribution in [0.1, 0.15) is 20.9 Å². The molecule has 1 heterocycles. The number of carbonyl (C=O) groups is 2. The maximum atomic E-state index is 11.8. The summed E-state index contributed by atoms with van der Waals surface area (Å²) in [6.07, 6.45) is 0. The second-order valence-electron chi connectivity index (χ2n) is 3.61. The average molecular weight is 388 g/mol. The minimum atomic E-state index is -0.670. The molecule has 0 saturated carbocycles. The highest BCUT2D eigenvalue weighted by molar-refractivity contribution is 9.10. The first-order valence-corrected chi connectivity index (χ1v) is 6.86. The molecular weight excluding hydrogens is 380 g/mol. The molecule has 0 fully saturated rings. The van der Waals surface area contributed by atoms with E-state index in [1.165, 1.54) is 6.07 Å². The molecule has 0 aliphatic carbocycles. The molecule has 98 valence electrons. The molecule has 0 unspecified atom stereocenters. The van der Waals surface area contributed by atoms with Crippen molar-refractivity contribution < 1.29 is 18.7 Å². The topological polar surface area (TPSA) is 56.5 Å². The first-order chi connectivity index (χ1) is 9.06. The van der Waals surface area contributed by atoms with Gasteiger partial charge in [0.15, 0.2) is 17.1 Å². The van der Waals surface area contributed by atoms with Gasteiger partial charge in [0.2, 0.25) is 5.76 Å². The number of furan rings is 1. The lowest BCUT2D eigenvalue weighted by Gasteiger charge is -2.02. The minimum Gasteiger partial charge on any atom is -0.451 e. The van der Waals surface area contributed by atoms with E-state index in [0.29, 0.717) is 10.2 Å². The van der Waals surface area contributed by atoms with Crippen molar-refractivity contribution in [3.8, 4) is 0 Å². The smallest absolute Gasteiger partial charge is 0.374 e. The molecule has 0 aliphatic heterocycles. The van der Waals surface area contributed by atoms with Gasteiger partial charge in [-0.3, -0.25) is 4.79 Å². The Kier molecular flexibility index (Phi) is 4.55. The van der Waals surface area contributed by atoms with Gasteiger partial charge in [-0.05, 0) is 40.2 Å². The molecular formula is C13H8Br2O4. The van der Waals surface area contributed by atoms with Crippen LogP contribution in [-0.4, -0.2) is 18.4 Å². The molecule has 1 aromatic carbocycles. The van der Waals surface area contributed by atoms with Crippen molar-refractivity contribution in [3.63, 3.8) is 0 Å². The van der Waals surface area contributed by atoms with Gasteiger partial charge in [0.05, 0.1) is 0 Å². The molecule has 6 heteroatoms. The number of carbonyl (C=O) groups excluding carboxylic acids is 2. The molecule has 2 rings (SSSR count). The lowest BCUT2D eigenvalue weighted by Crippen LogP contribution is -2.13. The fraction of sp³-hybridized carbons (Fsp3) is 0.0769. The maximum Gasteiger partial charge on any atom is 0.374 e. The SMILES string of the molecule is O=C(COC(=O)c1ccc(Br)o1)c1ccc(Br)cc1. The van der Waals surface area contributed by atoms with Crippen molar-refractivity contribution in [1.82, 2.24) is 0 Å². The number of rotatable bonds is 4. The van der Waals surface area contributed by atoms with Crippen LogP contribution in [0.5, 0.6) is 0 Å². The van der Waals surface area contributed by atoms with Gasteiger partial charge >= 0.3 is 5.97 Å². The predicted molar refractivity (Wildman–Crippen MR) is 75.2 cm³/mol. The fourth-order valence-electron chi connectivity index (χ4n) is 1.35. The molecule has 0 atom stereocenters. The zero-order valence-corrected chi connectivity index (χ0v) is 12.7. The largest absolute Gasteiger partial charge is 0.451 e.